The van der Waals surface area contributed by atoms with E-state index in [4.69, 9.17) is 0 Å². The molecule has 0 aliphatic carbocycles. The van der Waals surface area contributed by atoms with E-state index < -0.39 is 0 Å². The molecule has 0 radical (unpaired) electrons. The van der Waals surface area contributed by atoms with E-state index in [1.165, 1.54) is 0 Å². The van der Waals surface area contributed by atoms with Gasteiger partial charge in [0.1, 0.15) is 11.4 Å². The van der Waals surface area contributed by atoms with E-state index in [2.05, 4.69) is 164 Å². The number of aromatic nitrogens is 4. The van der Waals surface area contributed by atoms with Crippen LogP contribution in [0.1, 0.15) is 0 Å². The third-order valence-corrected chi connectivity index (χ3v) is 12.6. The fourth-order valence-electron chi connectivity index (χ4n) is 10.3. The summed E-state index contributed by atoms with van der Waals surface area (Å²) in [6.07, 6.45) is 0. The molecule has 9 aromatic carbocycles. The maximum absolute atomic E-state index is 14.1. The Morgan fingerprint density at radius 2 is 0.672 bits per heavy atom. The SMILES string of the molecule is O=[N+]([O-])c1c(-n2c3ccccc3c3ccc4c(c5ccccc5n4-c4ccccc4)c32)cccc1-n1c2ccccc2c2ccc3c(c4ccccc4n3-c3ccccc3)c21. The van der Waals surface area contributed by atoms with E-state index in [9.17, 15) is 10.1 Å². The van der Waals surface area contributed by atoms with Crippen LogP contribution < -0.4 is 0 Å². The molecular weight excluding hydrogens is 751 g/mol. The number of benzene rings is 9. The van der Waals surface area contributed by atoms with E-state index >= 15 is 0 Å². The van der Waals surface area contributed by atoms with Gasteiger partial charge in [-0.25, -0.2) is 0 Å². The van der Waals surface area contributed by atoms with Crippen molar-refractivity contribution < 1.29 is 4.92 Å². The van der Waals surface area contributed by atoms with Crippen LogP contribution in [0.2, 0.25) is 0 Å². The van der Waals surface area contributed by atoms with Gasteiger partial charge in [-0.15, -0.1) is 0 Å². The molecule has 0 bridgehead atoms. The van der Waals surface area contributed by atoms with Gasteiger partial charge in [0.25, 0.3) is 0 Å². The van der Waals surface area contributed by atoms with Crippen molar-refractivity contribution in [1.29, 1.82) is 0 Å². The fraction of sp³-hybridized carbons (Fsp3) is 0. The molecule has 0 fully saturated rings. The number of hydrogen-bond donors (Lipinski definition) is 0. The second-order valence-electron chi connectivity index (χ2n) is 15.7. The predicted molar refractivity (Wildman–Crippen MR) is 250 cm³/mol. The lowest BCUT2D eigenvalue weighted by Gasteiger charge is -2.15. The zero-order valence-electron chi connectivity index (χ0n) is 32.6. The van der Waals surface area contributed by atoms with Crippen LogP contribution >= 0.6 is 0 Å². The van der Waals surface area contributed by atoms with Crippen LogP contribution in [-0.4, -0.2) is 23.2 Å². The maximum atomic E-state index is 14.1. The first-order valence-electron chi connectivity index (χ1n) is 20.5. The lowest BCUT2D eigenvalue weighted by atomic mass is 10.1. The molecule has 0 atom stereocenters. The molecule has 7 nitrogen and oxygen atoms in total. The number of nitro benzene ring substituents is 1. The largest absolute Gasteiger partial charge is 0.317 e. The van der Waals surface area contributed by atoms with Crippen molar-refractivity contribution in [2.24, 2.45) is 0 Å². The standard InChI is InChI=1S/C54H33N5O2/c60-59(61)54-48(57-42-24-11-7-20-36(42)38-30-32-46-50(52(38)57)40-22-9-13-26-44(40)55(46)34-16-3-1-4-17-34)28-15-29-49(54)58-43-25-12-8-21-37(43)39-31-33-47-51(53(39)58)41-23-10-14-27-45(41)56(47)35-18-5-2-6-19-35/h1-33H. The van der Waals surface area contributed by atoms with Gasteiger partial charge in [0, 0.05) is 54.5 Å². The summed E-state index contributed by atoms with van der Waals surface area (Å²) in [7, 11) is 0. The highest BCUT2D eigenvalue weighted by atomic mass is 16.6. The first-order chi connectivity index (χ1) is 30.2. The average molecular weight is 784 g/mol. The zero-order chi connectivity index (χ0) is 40.3. The molecule has 13 aromatic rings. The van der Waals surface area contributed by atoms with E-state index in [1.54, 1.807) is 0 Å². The molecule has 0 amide bonds. The van der Waals surface area contributed by atoms with Crippen LogP contribution in [0.15, 0.2) is 200 Å². The van der Waals surface area contributed by atoms with E-state index in [0.717, 1.165) is 98.6 Å². The van der Waals surface area contributed by atoms with Gasteiger partial charge in [-0.05, 0) is 72.8 Å². The highest BCUT2D eigenvalue weighted by molar-refractivity contribution is 6.28. The molecule has 0 saturated carbocycles. The van der Waals surface area contributed by atoms with Crippen molar-refractivity contribution in [3.05, 3.63) is 210 Å². The molecule has 0 saturated heterocycles. The molecule has 0 aliphatic heterocycles. The Morgan fingerprint density at radius 3 is 1.08 bits per heavy atom. The van der Waals surface area contributed by atoms with Gasteiger partial charge in [-0.1, -0.05) is 127 Å². The fourth-order valence-corrected chi connectivity index (χ4v) is 10.3. The normalized spacial score (nSPS) is 12.1. The number of nitro groups is 1. The zero-order valence-corrected chi connectivity index (χ0v) is 32.6. The summed E-state index contributed by atoms with van der Waals surface area (Å²) in [5.74, 6) is 0. The Bertz CT molecular complexity index is 3710. The lowest BCUT2D eigenvalue weighted by molar-refractivity contribution is -0.384. The highest BCUT2D eigenvalue weighted by Gasteiger charge is 2.30. The van der Waals surface area contributed by atoms with Gasteiger partial charge >= 0.3 is 5.69 Å². The molecule has 61 heavy (non-hydrogen) atoms. The first kappa shape index (κ1) is 33.5. The van der Waals surface area contributed by atoms with Crippen LogP contribution in [0.5, 0.6) is 0 Å². The van der Waals surface area contributed by atoms with Gasteiger partial charge in [-0.2, -0.15) is 0 Å². The Morgan fingerprint density at radius 1 is 0.311 bits per heavy atom. The summed E-state index contributed by atoms with van der Waals surface area (Å²) in [4.78, 5) is 13.9. The monoisotopic (exact) mass is 783 g/mol. The minimum Gasteiger partial charge on any atom is -0.309 e. The van der Waals surface area contributed by atoms with Crippen LogP contribution in [0, 0.1) is 10.1 Å². The first-order valence-corrected chi connectivity index (χ1v) is 20.5. The Balaban J connectivity index is 1.20. The highest BCUT2D eigenvalue weighted by Crippen LogP contribution is 2.47. The minimum absolute atomic E-state index is 0.0282. The lowest BCUT2D eigenvalue weighted by Crippen LogP contribution is -2.06. The molecule has 4 heterocycles. The van der Waals surface area contributed by atoms with Crippen molar-refractivity contribution in [3.63, 3.8) is 0 Å². The summed E-state index contributed by atoms with van der Waals surface area (Å²) >= 11 is 0. The van der Waals surface area contributed by atoms with Crippen LogP contribution in [0.25, 0.3) is 110 Å². The number of rotatable bonds is 5. The maximum Gasteiger partial charge on any atom is 0.317 e. The molecule has 0 spiro atoms. The minimum atomic E-state index is -0.188. The van der Waals surface area contributed by atoms with Crippen molar-refractivity contribution in [2.75, 3.05) is 0 Å². The van der Waals surface area contributed by atoms with Crippen LogP contribution in [0.4, 0.5) is 5.69 Å². The van der Waals surface area contributed by atoms with E-state index in [0.29, 0.717) is 11.4 Å². The van der Waals surface area contributed by atoms with E-state index in [1.807, 2.05) is 54.6 Å². The molecule has 286 valence electrons. The van der Waals surface area contributed by atoms with Crippen molar-refractivity contribution >= 4 is 92.9 Å². The van der Waals surface area contributed by atoms with Gasteiger partial charge in [0.05, 0.1) is 49.1 Å². The number of fused-ring (bicyclic) bond motifs is 14. The number of hydrogen-bond acceptors (Lipinski definition) is 2. The number of nitrogens with zero attached hydrogens (tertiary/aromatic N) is 5. The Kier molecular flexibility index (Phi) is 6.90. The van der Waals surface area contributed by atoms with Gasteiger partial charge in [0.2, 0.25) is 0 Å². The number of para-hydroxylation sites is 7. The van der Waals surface area contributed by atoms with Crippen molar-refractivity contribution in [2.45, 2.75) is 0 Å². The second kappa shape index (κ2) is 12.5. The van der Waals surface area contributed by atoms with Gasteiger partial charge in [0.15, 0.2) is 0 Å². The van der Waals surface area contributed by atoms with E-state index in [-0.39, 0.29) is 10.6 Å². The molecule has 0 unspecified atom stereocenters. The summed E-state index contributed by atoms with van der Waals surface area (Å²) in [6, 6.07) is 68.8. The smallest absolute Gasteiger partial charge is 0.309 e. The third-order valence-electron chi connectivity index (χ3n) is 12.6. The van der Waals surface area contributed by atoms with Gasteiger partial charge in [-0.3, -0.25) is 10.1 Å². The molecule has 4 aromatic heterocycles. The quantitative estimate of drug-likeness (QED) is 0.129. The van der Waals surface area contributed by atoms with Crippen molar-refractivity contribution in [3.8, 4) is 22.7 Å². The summed E-state index contributed by atoms with van der Waals surface area (Å²) in [5.41, 5.74) is 11.0. The topological polar surface area (TPSA) is 62.9 Å². The molecule has 0 N–H and O–H groups in total. The van der Waals surface area contributed by atoms with Gasteiger partial charge < -0.3 is 18.3 Å². The Hall–Kier alpha value is -8.42. The van der Waals surface area contributed by atoms with Crippen LogP contribution in [-0.2, 0) is 0 Å². The molecular formula is C54H33N5O2. The molecule has 13 rings (SSSR count). The predicted octanol–water partition coefficient (Wildman–Crippen LogP) is 14.0. The summed E-state index contributed by atoms with van der Waals surface area (Å²) in [6.45, 7) is 0. The second-order valence-corrected chi connectivity index (χ2v) is 15.7. The average Bonchev–Trinajstić information content (AvgIpc) is 4.04. The van der Waals surface area contributed by atoms with Crippen LogP contribution in [0.3, 0.4) is 0 Å². The van der Waals surface area contributed by atoms with Crippen molar-refractivity contribution in [1.82, 2.24) is 18.3 Å². The molecule has 7 heteroatoms. The summed E-state index contributed by atoms with van der Waals surface area (Å²) in [5, 5.41) is 22.4. The Labute approximate surface area is 347 Å². The summed E-state index contributed by atoms with van der Waals surface area (Å²) < 4.78 is 8.88. The third kappa shape index (κ3) is 4.51. The molecule has 0 aliphatic rings.